The van der Waals surface area contributed by atoms with Crippen molar-refractivity contribution in [2.45, 2.75) is 25.4 Å². The van der Waals surface area contributed by atoms with Gasteiger partial charge in [-0.3, -0.25) is 14.7 Å². The van der Waals surface area contributed by atoms with Gasteiger partial charge in [0.1, 0.15) is 0 Å². The van der Waals surface area contributed by atoms with Crippen LogP contribution in [0.3, 0.4) is 0 Å². The molecular weight excluding hydrogens is 312 g/mol. The van der Waals surface area contributed by atoms with E-state index >= 15 is 0 Å². The zero-order chi connectivity index (χ0) is 17.5. The molecule has 0 aliphatic carbocycles. The molecule has 0 unspecified atom stereocenters. The summed E-state index contributed by atoms with van der Waals surface area (Å²) in [5, 5.41) is 2.96. The predicted octanol–water partition coefficient (Wildman–Crippen LogP) is 2.30. The number of nitrogens with zero attached hydrogens (tertiary/aromatic N) is 3. The van der Waals surface area contributed by atoms with E-state index in [4.69, 9.17) is 0 Å². The van der Waals surface area contributed by atoms with Gasteiger partial charge in [-0.1, -0.05) is 24.3 Å². The first kappa shape index (κ1) is 17.4. The third-order valence-electron chi connectivity index (χ3n) is 4.73. The second-order valence-corrected chi connectivity index (χ2v) is 6.59. The second kappa shape index (κ2) is 8.62. The number of hydrogen-bond acceptors (Lipinski definition) is 4. The topological polar surface area (TPSA) is 48.5 Å². The Bertz CT molecular complexity index is 662. The summed E-state index contributed by atoms with van der Waals surface area (Å²) in [6.45, 7) is 2.95. The van der Waals surface area contributed by atoms with Crippen LogP contribution < -0.4 is 10.2 Å². The van der Waals surface area contributed by atoms with Crippen molar-refractivity contribution >= 4 is 11.6 Å². The molecule has 1 aromatic heterocycles. The Morgan fingerprint density at radius 3 is 2.80 bits per heavy atom. The molecule has 1 N–H and O–H groups in total. The maximum absolute atomic E-state index is 12.2. The van der Waals surface area contributed by atoms with Gasteiger partial charge in [-0.05, 0) is 44.2 Å². The molecule has 1 aliphatic rings. The lowest BCUT2D eigenvalue weighted by Gasteiger charge is -2.38. The molecule has 5 nitrogen and oxygen atoms in total. The van der Waals surface area contributed by atoms with E-state index in [1.165, 1.54) is 5.69 Å². The maximum Gasteiger partial charge on any atom is 0.234 e. The number of likely N-dealkylation sites (N-methyl/N-ethyl adjacent to an activating group) is 1. The van der Waals surface area contributed by atoms with Crippen LogP contribution >= 0.6 is 0 Å². The Morgan fingerprint density at radius 2 is 2.04 bits per heavy atom. The zero-order valence-electron chi connectivity index (χ0n) is 14.8. The highest BCUT2D eigenvalue weighted by atomic mass is 16.2. The number of piperidine rings is 1. The van der Waals surface area contributed by atoms with Gasteiger partial charge in [0.15, 0.2) is 0 Å². The van der Waals surface area contributed by atoms with Gasteiger partial charge in [0, 0.05) is 31.0 Å². The number of hydrogen-bond donors (Lipinski definition) is 1. The van der Waals surface area contributed by atoms with E-state index in [2.05, 4.69) is 44.4 Å². The molecule has 1 aliphatic heterocycles. The van der Waals surface area contributed by atoms with Crippen molar-refractivity contribution in [2.75, 3.05) is 31.6 Å². The Balaban J connectivity index is 1.48. The van der Waals surface area contributed by atoms with Crippen LogP contribution in [0, 0.1) is 0 Å². The maximum atomic E-state index is 12.2. The van der Waals surface area contributed by atoms with Crippen molar-refractivity contribution < 1.29 is 4.79 Å². The summed E-state index contributed by atoms with van der Waals surface area (Å²) >= 11 is 0. The number of pyridine rings is 1. The standard InChI is InChI=1S/C20H26N4O/c1-23(16-20(25)22-14-17-8-5-6-12-21-17)19-11-7-13-24(15-19)18-9-3-2-4-10-18/h2-6,8-10,12,19H,7,11,13-16H2,1H3,(H,22,25)/t19-/m0/s1. The highest BCUT2D eigenvalue weighted by Crippen LogP contribution is 2.21. The minimum atomic E-state index is 0.0463. The fourth-order valence-corrected chi connectivity index (χ4v) is 3.29. The van der Waals surface area contributed by atoms with Gasteiger partial charge in [-0.25, -0.2) is 0 Å². The van der Waals surface area contributed by atoms with E-state index in [0.29, 0.717) is 19.1 Å². The van der Waals surface area contributed by atoms with Gasteiger partial charge < -0.3 is 10.2 Å². The molecule has 0 radical (unpaired) electrons. The first-order valence-corrected chi connectivity index (χ1v) is 8.89. The number of aromatic nitrogens is 1. The summed E-state index contributed by atoms with van der Waals surface area (Å²) in [7, 11) is 2.04. The number of para-hydroxylation sites is 1. The minimum Gasteiger partial charge on any atom is -0.370 e. The molecule has 25 heavy (non-hydrogen) atoms. The molecule has 0 saturated carbocycles. The summed E-state index contributed by atoms with van der Waals surface area (Å²) in [6.07, 6.45) is 4.03. The molecule has 5 heteroatoms. The van der Waals surface area contributed by atoms with Crippen LogP contribution in [0.15, 0.2) is 54.7 Å². The summed E-state index contributed by atoms with van der Waals surface area (Å²) in [6, 6.07) is 16.6. The van der Waals surface area contributed by atoms with Crippen LogP contribution in [0.5, 0.6) is 0 Å². The second-order valence-electron chi connectivity index (χ2n) is 6.59. The van der Waals surface area contributed by atoms with E-state index in [1.54, 1.807) is 6.20 Å². The molecule has 2 heterocycles. The first-order chi connectivity index (χ1) is 12.2. The van der Waals surface area contributed by atoms with E-state index in [0.717, 1.165) is 31.6 Å². The molecule has 0 spiro atoms. The van der Waals surface area contributed by atoms with Crippen molar-refractivity contribution in [3.63, 3.8) is 0 Å². The van der Waals surface area contributed by atoms with E-state index in [1.807, 2.05) is 31.3 Å². The van der Waals surface area contributed by atoms with Crippen molar-refractivity contribution in [3.8, 4) is 0 Å². The molecule has 2 aromatic rings. The van der Waals surface area contributed by atoms with E-state index in [9.17, 15) is 4.79 Å². The van der Waals surface area contributed by atoms with Crippen LogP contribution in [-0.2, 0) is 11.3 Å². The van der Waals surface area contributed by atoms with E-state index in [-0.39, 0.29) is 5.91 Å². The molecule has 1 fully saturated rings. The van der Waals surface area contributed by atoms with E-state index < -0.39 is 0 Å². The Labute approximate surface area is 149 Å². The summed E-state index contributed by atoms with van der Waals surface area (Å²) in [4.78, 5) is 21.0. The predicted molar refractivity (Wildman–Crippen MR) is 100 cm³/mol. The highest BCUT2D eigenvalue weighted by molar-refractivity contribution is 5.78. The van der Waals surface area contributed by atoms with Gasteiger partial charge in [0.05, 0.1) is 18.8 Å². The van der Waals surface area contributed by atoms with Crippen LogP contribution in [0.1, 0.15) is 18.5 Å². The third-order valence-corrected chi connectivity index (χ3v) is 4.73. The summed E-state index contributed by atoms with van der Waals surface area (Å²) in [5.41, 5.74) is 2.15. The van der Waals surface area contributed by atoms with Crippen molar-refractivity contribution in [1.82, 2.24) is 15.2 Å². The van der Waals surface area contributed by atoms with Crippen LogP contribution in [0.2, 0.25) is 0 Å². The molecule has 1 saturated heterocycles. The van der Waals surface area contributed by atoms with Gasteiger partial charge in [-0.2, -0.15) is 0 Å². The SMILES string of the molecule is CN(CC(=O)NCc1ccccn1)[C@H]1CCCN(c2ccccc2)C1. The first-order valence-electron chi connectivity index (χ1n) is 8.89. The lowest BCUT2D eigenvalue weighted by atomic mass is 10.0. The number of rotatable bonds is 6. The molecule has 3 rings (SSSR count). The normalized spacial score (nSPS) is 17.5. The lowest BCUT2D eigenvalue weighted by molar-refractivity contribution is -0.122. The molecule has 1 amide bonds. The largest absolute Gasteiger partial charge is 0.370 e. The number of benzene rings is 1. The average Bonchev–Trinajstić information content (AvgIpc) is 2.68. The Morgan fingerprint density at radius 1 is 1.24 bits per heavy atom. The molecule has 0 bridgehead atoms. The van der Waals surface area contributed by atoms with Crippen LogP contribution in [0.4, 0.5) is 5.69 Å². The fraction of sp³-hybridized carbons (Fsp3) is 0.400. The Kier molecular flexibility index (Phi) is 6.01. The van der Waals surface area contributed by atoms with Gasteiger partial charge >= 0.3 is 0 Å². The van der Waals surface area contributed by atoms with Crippen molar-refractivity contribution in [2.24, 2.45) is 0 Å². The Hall–Kier alpha value is -2.40. The van der Waals surface area contributed by atoms with Crippen LogP contribution in [0.25, 0.3) is 0 Å². The number of amides is 1. The average molecular weight is 338 g/mol. The molecule has 1 aromatic carbocycles. The number of nitrogens with one attached hydrogen (secondary N) is 1. The molecule has 132 valence electrons. The third kappa shape index (κ3) is 5.03. The number of anilines is 1. The van der Waals surface area contributed by atoms with Gasteiger partial charge in [-0.15, -0.1) is 0 Å². The van der Waals surface area contributed by atoms with Crippen molar-refractivity contribution in [3.05, 3.63) is 60.4 Å². The molecular formula is C20H26N4O. The monoisotopic (exact) mass is 338 g/mol. The number of carbonyl (C=O) groups excluding carboxylic acids is 1. The summed E-state index contributed by atoms with van der Waals surface area (Å²) < 4.78 is 0. The van der Waals surface area contributed by atoms with Crippen LogP contribution in [-0.4, -0.2) is 48.5 Å². The zero-order valence-corrected chi connectivity index (χ0v) is 14.8. The number of carbonyl (C=O) groups is 1. The molecule has 1 atom stereocenters. The van der Waals surface area contributed by atoms with Crippen molar-refractivity contribution in [1.29, 1.82) is 0 Å². The van der Waals surface area contributed by atoms with Gasteiger partial charge in [0.25, 0.3) is 0 Å². The lowest BCUT2D eigenvalue weighted by Crippen LogP contribution is -2.49. The summed E-state index contributed by atoms with van der Waals surface area (Å²) in [5.74, 6) is 0.0463. The minimum absolute atomic E-state index is 0.0463. The smallest absolute Gasteiger partial charge is 0.234 e. The fourth-order valence-electron chi connectivity index (χ4n) is 3.29. The highest BCUT2D eigenvalue weighted by Gasteiger charge is 2.24. The van der Waals surface area contributed by atoms with Gasteiger partial charge in [0.2, 0.25) is 5.91 Å². The quantitative estimate of drug-likeness (QED) is 0.878.